The molecular weight excluding hydrogens is 550 g/mol. The monoisotopic (exact) mass is 577 g/mol. The number of carbonyl (C=O) groups excluding carboxylic acids is 1. The van der Waals surface area contributed by atoms with Gasteiger partial charge in [0.05, 0.1) is 31.8 Å². The first kappa shape index (κ1) is 28.8. The van der Waals surface area contributed by atoms with E-state index >= 15 is 0 Å². The van der Waals surface area contributed by atoms with Crippen molar-refractivity contribution < 1.29 is 19.4 Å². The van der Waals surface area contributed by atoms with Crippen LogP contribution >= 0.6 is 11.6 Å². The van der Waals surface area contributed by atoms with E-state index in [2.05, 4.69) is 10.3 Å². The number of allylic oxidation sites excluding steroid dienone is 1. The van der Waals surface area contributed by atoms with E-state index in [1.807, 2.05) is 0 Å². The van der Waals surface area contributed by atoms with Gasteiger partial charge in [0.15, 0.2) is 0 Å². The number of ether oxygens (including phenoxy) is 2. The van der Waals surface area contributed by atoms with Gasteiger partial charge in [0.2, 0.25) is 5.62 Å². The number of esters is 1. The summed E-state index contributed by atoms with van der Waals surface area (Å²) >= 11 is 6.02. The van der Waals surface area contributed by atoms with Crippen LogP contribution in [0, 0.1) is 5.41 Å². The van der Waals surface area contributed by atoms with Crippen LogP contribution in [0.25, 0.3) is 0 Å². The van der Waals surface area contributed by atoms with E-state index in [1.165, 1.54) is 22.5 Å². The molecule has 0 radical (unpaired) electrons. The summed E-state index contributed by atoms with van der Waals surface area (Å²) in [5.41, 5.74) is 0.909. The third-order valence-electron chi connectivity index (χ3n) is 5.96. The lowest BCUT2D eigenvalue weighted by Crippen LogP contribution is -2.44. The van der Waals surface area contributed by atoms with Crippen molar-refractivity contribution in [3.05, 3.63) is 118 Å². The van der Waals surface area contributed by atoms with E-state index < -0.39 is 17.6 Å². The van der Waals surface area contributed by atoms with Gasteiger partial charge in [0.25, 0.3) is 5.56 Å². The summed E-state index contributed by atoms with van der Waals surface area (Å²) in [7, 11) is 3.09. The number of nitrogens with one attached hydrogen (secondary N) is 2. The minimum atomic E-state index is -0.604. The quantitative estimate of drug-likeness (QED) is 0.104. The van der Waals surface area contributed by atoms with Gasteiger partial charge in [-0.25, -0.2) is 14.5 Å². The Bertz CT molecular complexity index is 1650. The molecule has 2 heterocycles. The smallest absolute Gasteiger partial charge is 0.332 e. The highest BCUT2D eigenvalue weighted by molar-refractivity contribution is 6.30. The second kappa shape index (κ2) is 12.7. The molecule has 12 nitrogen and oxygen atoms in total. The molecule has 1 aromatic heterocycles. The predicted molar refractivity (Wildman–Crippen MR) is 156 cm³/mol. The lowest BCUT2D eigenvalue weighted by Gasteiger charge is -2.25. The number of nitrogen functional groups attached to an aromatic ring is 1. The number of aliphatic hydroxyl groups excluding tert-OH is 1. The van der Waals surface area contributed by atoms with Crippen molar-refractivity contribution in [2.75, 3.05) is 25.3 Å². The molecule has 1 atom stereocenters. The van der Waals surface area contributed by atoms with Crippen LogP contribution in [0.5, 0.6) is 5.75 Å². The fourth-order valence-corrected chi connectivity index (χ4v) is 4.01. The van der Waals surface area contributed by atoms with Gasteiger partial charge >= 0.3 is 5.97 Å². The van der Waals surface area contributed by atoms with Gasteiger partial charge < -0.3 is 30.6 Å². The minimum Gasteiger partial charge on any atom is -0.515 e. The summed E-state index contributed by atoms with van der Waals surface area (Å²) in [5, 5.41) is 20.0. The number of halogens is 1. The molecule has 1 unspecified atom stereocenters. The molecule has 0 saturated heterocycles. The molecule has 0 amide bonds. The summed E-state index contributed by atoms with van der Waals surface area (Å²) in [4.78, 5) is 31.8. The van der Waals surface area contributed by atoms with Gasteiger partial charge in [-0.1, -0.05) is 23.7 Å². The normalized spacial score (nSPS) is 15.1. The highest BCUT2D eigenvalue weighted by Gasteiger charge is 2.23. The third-order valence-corrected chi connectivity index (χ3v) is 6.21. The fraction of sp³-hybridized carbons (Fsp3) is 0.143. The van der Waals surface area contributed by atoms with Crippen molar-refractivity contribution in [1.82, 2.24) is 14.1 Å². The number of hydrogen-bond acceptors (Lipinski definition) is 9. The number of nitrogens with zero attached hydrogens (tertiary/aromatic N) is 4. The zero-order valence-corrected chi connectivity index (χ0v) is 22.9. The SMILES string of the molecule is COC(=O)C1C=C(Oc2ccc(/N=c3\n(N)cc(NC(=N)/C=C\O)c(=O)n3Cc3ccc(Cl)cc3)cc2)C=CN1C. The second-order valence-corrected chi connectivity index (χ2v) is 9.28. The van der Waals surface area contributed by atoms with Crippen LogP contribution in [0.15, 0.2) is 101 Å². The Morgan fingerprint density at radius 1 is 1.22 bits per heavy atom. The molecule has 4 rings (SSSR count). The van der Waals surface area contributed by atoms with E-state index in [-0.39, 0.29) is 23.7 Å². The number of hydrogen-bond donors (Lipinski definition) is 4. The molecule has 0 spiro atoms. The average molecular weight is 578 g/mol. The maximum absolute atomic E-state index is 13.4. The molecule has 13 heteroatoms. The highest BCUT2D eigenvalue weighted by Crippen LogP contribution is 2.22. The van der Waals surface area contributed by atoms with Crippen molar-refractivity contribution in [3.63, 3.8) is 0 Å². The van der Waals surface area contributed by atoms with Crippen LogP contribution in [-0.4, -0.2) is 51.3 Å². The topological polar surface area (TPSA) is 160 Å². The van der Waals surface area contributed by atoms with Crippen LogP contribution in [0.1, 0.15) is 5.56 Å². The average Bonchev–Trinajstić information content (AvgIpc) is 2.96. The van der Waals surface area contributed by atoms with Crippen LogP contribution < -0.4 is 27.1 Å². The van der Waals surface area contributed by atoms with Crippen molar-refractivity contribution in [3.8, 4) is 5.75 Å². The first-order valence-electron chi connectivity index (χ1n) is 12.2. The third kappa shape index (κ3) is 7.05. The van der Waals surface area contributed by atoms with Gasteiger partial charge in [-0.2, -0.15) is 0 Å². The summed E-state index contributed by atoms with van der Waals surface area (Å²) in [5.74, 6) is 6.62. The lowest BCUT2D eigenvalue weighted by atomic mass is 10.2. The van der Waals surface area contributed by atoms with Gasteiger partial charge in [-0.3, -0.25) is 14.8 Å². The van der Waals surface area contributed by atoms with Crippen molar-refractivity contribution in [2.45, 2.75) is 12.6 Å². The fourth-order valence-electron chi connectivity index (χ4n) is 3.88. The first-order chi connectivity index (χ1) is 19.7. The van der Waals surface area contributed by atoms with E-state index in [9.17, 15) is 9.59 Å². The molecule has 0 saturated carbocycles. The summed E-state index contributed by atoms with van der Waals surface area (Å²) in [6, 6.07) is 13.1. The van der Waals surface area contributed by atoms with Crippen LogP contribution in [0.4, 0.5) is 11.4 Å². The standard InChI is InChI=1S/C28H28ClN7O5/c1-34-13-11-22(15-24(34)27(39)40-2)41-21-9-7-20(8-10-21)32-28-35(16-18-3-5-19(29)6-4-18)26(38)23(17-36(28)31)33-25(30)12-14-37/h3-15,17,24,37H,16,31H2,1-2H3,(H2,30,33)/b14-12-,32-28-. The Labute approximate surface area is 240 Å². The number of likely N-dealkylation sites (N-methyl/N-ethyl adjacent to an activating group) is 1. The highest BCUT2D eigenvalue weighted by atomic mass is 35.5. The van der Waals surface area contributed by atoms with Crippen LogP contribution in [0.2, 0.25) is 5.02 Å². The number of anilines is 1. The molecular formula is C28H28ClN7O5. The minimum absolute atomic E-state index is 0.0111. The molecule has 2 aromatic carbocycles. The van der Waals surface area contributed by atoms with Crippen molar-refractivity contribution in [1.29, 1.82) is 5.41 Å². The Kier molecular flexibility index (Phi) is 8.95. The summed E-state index contributed by atoms with van der Waals surface area (Å²) in [6.07, 6.45) is 8.19. The second-order valence-electron chi connectivity index (χ2n) is 8.85. The Balaban J connectivity index is 1.68. The summed E-state index contributed by atoms with van der Waals surface area (Å²) < 4.78 is 13.3. The number of carbonyl (C=O) groups is 1. The zero-order chi connectivity index (χ0) is 29.5. The zero-order valence-electron chi connectivity index (χ0n) is 22.2. The Hall–Kier alpha value is -5.23. The van der Waals surface area contributed by atoms with Crippen molar-refractivity contribution >= 4 is 34.8 Å². The number of nitrogens with two attached hydrogens (primary N) is 1. The molecule has 5 N–H and O–H groups in total. The molecule has 212 valence electrons. The Morgan fingerprint density at radius 2 is 1.93 bits per heavy atom. The van der Waals surface area contributed by atoms with E-state index in [0.29, 0.717) is 28.5 Å². The predicted octanol–water partition coefficient (Wildman–Crippen LogP) is 3.02. The van der Waals surface area contributed by atoms with Gasteiger partial charge in [0, 0.05) is 24.3 Å². The summed E-state index contributed by atoms with van der Waals surface area (Å²) in [6.45, 7) is 0.113. The number of rotatable bonds is 8. The van der Waals surface area contributed by atoms with Gasteiger partial charge in [-0.05, 0) is 54.1 Å². The molecule has 0 fully saturated rings. The lowest BCUT2D eigenvalue weighted by molar-refractivity contribution is -0.143. The number of aliphatic hydroxyl groups is 1. The van der Waals surface area contributed by atoms with Crippen LogP contribution in [0.3, 0.4) is 0 Å². The maximum atomic E-state index is 13.4. The van der Waals surface area contributed by atoms with Crippen molar-refractivity contribution in [2.24, 2.45) is 4.99 Å². The van der Waals surface area contributed by atoms with E-state index in [1.54, 1.807) is 78.8 Å². The molecule has 3 aromatic rings. The van der Waals surface area contributed by atoms with Gasteiger partial charge in [0.1, 0.15) is 29.1 Å². The Morgan fingerprint density at radius 3 is 2.59 bits per heavy atom. The molecule has 0 bridgehead atoms. The number of amidine groups is 1. The largest absolute Gasteiger partial charge is 0.515 e. The number of aromatic nitrogens is 2. The molecule has 1 aliphatic heterocycles. The molecule has 1 aliphatic rings. The molecule has 41 heavy (non-hydrogen) atoms. The molecule has 0 aliphatic carbocycles. The van der Waals surface area contributed by atoms with E-state index in [4.69, 9.17) is 37.4 Å². The van der Waals surface area contributed by atoms with Crippen LogP contribution in [-0.2, 0) is 16.1 Å². The van der Waals surface area contributed by atoms with Gasteiger partial charge in [-0.15, -0.1) is 0 Å². The van der Waals surface area contributed by atoms with E-state index in [0.717, 1.165) is 11.6 Å². The maximum Gasteiger partial charge on any atom is 0.332 e. The number of methoxy groups -OCH3 is 1. The first-order valence-corrected chi connectivity index (χ1v) is 12.6. The number of benzene rings is 2.